The van der Waals surface area contributed by atoms with Gasteiger partial charge in [-0.1, -0.05) is 18.7 Å². The Hall–Kier alpha value is -2.31. The van der Waals surface area contributed by atoms with E-state index in [1.807, 2.05) is 6.92 Å². The highest BCUT2D eigenvalue weighted by Gasteiger charge is 2.34. The van der Waals surface area contributed by atoms with Crippen molar-refractivity contribution in [1.82, 2.24) is 20.2 Å². The van der Waals surface area contributed by atoms with Crippen LogP contribution in [0.3, 0.4) is 0 Å². The van der Waals surface area contributed by atoms with Gasteiger partial charge in [0.1, 0.15) is 11.6 Å². The molecule has 1 amide bonds. The highest BCUT2D eigenvalue weighted by Crippen LogP contribution is 2.32. The standard InChI is InChI=1S/C21H28F3N5O3S/c1-3-7-28(2)18-13-17(21(22,23)24)26-20(27-18)33-14-15-4-5-16(32-15)19(30)25-6-8-29-9-11-31-12-10-29/h4-5,13H,3,6-12,14H2,1-2H3,(H,25,30). The number of hydrogen-bond donors (Lipinski definition) is 1. The fraction of sp³-hybridized carbons (Fsp3) is 0.571. The minimum atomic E-state index is -4.57. The summed E-state index contributed by atoms with van der Waals surface area (Å²) in [5.41, 5.74) is -0.988. The van der Waals surface area contributed by atoms with Gasteiger partial charge in [0, 0.05) is 45.8 Å². The smallest absolute Gasteiger partial charge is 0.433 e. The molecule has 8 nitrogen and oxygen atoms in total. The Kier molecular flexibility index (Phi) is 8.98. The monoisotopic (exact) mass is 487 g/mol. The van der Waals surface area contributed by atoms with Crippen molar-refractivity contribution in [3.05, 3.63) is 35.4 Å². The normalized spacial score (nSPS) is 14.9. The molecule has 1 N–H and O–H groups in total. The number of morpholine rings is 1. The molecule has 3 heterocycles. The van der Waals surface area contributed by atoms with Crippen LogP contribution in [-0.4, -0.2) is 73.8 Å². The second kappa shape index (κ2) is 11.7. The van der Waals surface area contributed by atoms with E-state index in [2.05, 4.69) is 20.2 Å². The minimum absolute atomic E-state index is 0.00399. The lowest BCUT2D eigenvalue weighted by Crippen LogP contribution is -2.41. The van der Waals surface area contributed by atoms with Gasteiger partial charge in [-0.2, -0.15) is 13.2 Å². The average molecular weight is 488 g/mol. The number of aromatic nitrogens is 2. The third kappa shape index (κ3) is 7.61. The summed E-state index contributed by atoms with van der Waals surface area (Å²) in [6, 6.07) is 4.13. The quantitative estimate of drug-likeness (QED) is 0.404. The summed E-state index contributed by atoms with van der Waals surface area (Å²) in [4.78, 5) is 24.1. The van der Waals surface area contributed by atoms with Gasteiger partial charge in [0.05, 0.1) is 19.0 Å². The number of carbonyl (C=O) groups excluding carboxylic acids is 1. The molecule has 0 atom stereocenters. The number of alkyl halides is 3. The summed E-state index contributed by atoms with van der Waals surface area (Å²) >= 11 is 1.02. The topological polar surface area (TPSA) is 83.7 Å². The van der Waals surface area contributed by atoms with Crippen molar-refractivity contribution in [2.24, 2.45) is 0 Å². The molecule has 33 heavy (non-hydrogen) atoms. The molecular formula is C21H28F3N5O3S. The third-order valence-electron chi connectivity index (χ3n) is 4.98. The first-order valence-corrected chi connectivity index (χ1v) is 11.7. The van der Waals surface area contributed by atoms with E-state index in [1.54, 1.807) is 24.1 Å². The Morgan fingerprint density at radius 2 is 2.03 bits per heavy atom. The van der Waals surface area contributed by atoms with E-state index in [0.717, 1.165) is 43.9 Å². The number of ether oxygens (including phenoxy) is 1. The summed E-state index contributed by atoms with van der Waals surface area (Å²) in [7, 11) is 1.69. The maximum atomic E-state index is 13.3. The lowest BCUT2D eigenvalue weighted by atomic mass is 10.3. The lowest BCUT2D eigenvalue weighted by molar-refractivity contribution is -0.141. The van der Waals surface area contributed by atoms with Crippen molar-refractivity contribution < 1.29 is 27.1 Å². The van der Waals surface area contributed by atoms with Crippen LogP contribution < -0.4 is 10.2 Å². The van der Waals surface area contributed by atoms with Gasteiger partial charge in [-0.15, -0.1) is 0 Å². The molecule has 0 spiro atoms. The third-order valence-corrected chi connectivity index (χ3v) is 5.85. The van der Waals surface area contributed by atoms with Crippen molar-refractivity contribution in [2.75, 3.05) is 57.9 Å². The number of nitrogens with zero attached hydrogens (tertiary/aromatic N) is 4. The number of amides is 1. The fourth-order valence-electron chi connectivity index (χ4n) is 3.22. The summed E-state index contributed by atoms with van der Waals surface area (Å²) < 4.78 is 50.7. The Bertz CT molecular complexity index is 919. The van der Waals surface area contributed by atoms with Gasteiger partial charge < -0.3 is 19.4 Å². The van der Waals surface area contributed by atoms with E-state index in [1.165, 1.54) is 0 Å². The van der Waals surface area contributed by atoms with Gasteiger partial charge in [0.2, 0.25) is 0 Å². The van der Waals surface area contributed by atoms with Crippen LogP contribution in [0.2, 0.25) is 0 Å². The second-order valence-electron chi connectivity index (χ2n) is 7.58. The highest BCUT2D eigenvalue weighted by molar-refractivity contribution is 7.98. The number of carbonyl (C=O) groups is 1. The number of furan rings is 1. The molecule has 2 aromatic heterocycles. The lowest BCUT2D eigenvalue weighted by Gasteiger charge is -2.26. The summed E-state index contributed by atoms with van der Waals surface area (Å²) in [5, 5.41) is 2.81. The number of rotatable bonds is 10. The van der Waals surface area contributed by atoms with Crippen LogP contribution >= 0.6 is 11.8 Å². The maximum Gasteiger partial charge on any atom is 0.433 e. The molecule has 1 aliphatic heterocycles. The second-order valence-corrected chi connectivity index (χ2v) is 8.52. The Morgan fingerprint density at radius 1 is 1.27 bits per heavy atom. The zero-order chi connectivity index (χ0) is 23.8. The van der Waals surface area contributed by atoms with Crippen molar-refractivity contribution in [1.29, 1.82) is 0 Å². The van der Waals surface area contributed by atoms with E-state index >= 15 is 0 Å². The molecule has 1 saturated heterocycles. The van der Waals surface area contributed by atoms with Gasteiger partial charge in [-0.3, -0.25) is 9.69 Å². The predicted molar refractivity (Wildman–Crippen MR) is 118 cm³/mol. The fourth-order valence-corrected chi connectivity index (χ4v) is 3.97. The molecule has 0 bridgehead atoms. The number of nitrogens with one attached hydrogen (secondary N) is 1. The number of halogens is 3. The van der Waals surface area contributed by atoms with Crippen LogP contribution in [0.15, 0.2) is 27.8 Å². The predicted octanol–water partition coefficient (Wildman–Crippen LogP) is 3.29. The summed E-state index contributed by atoms with van der Waals surface area (Å²) in [6.07, 6.45) is -3.80. The van der Waals surface area contributed by atoms with Crippen molar-refractivity contribution >= 4 is 23.5 Å². The van der Waals surface area contributed by atoms with Crippen molar-refractivity contribution in [2.45, 2.75) is 30.4 Å². The SMILES string of the molecule is CCCN(C)c1cc(C(F)(F)F)nc(SCc2ccc(C(=O)NCCN3CCOCC3)o2)n1. The first-order valence-electron chi connectivity index (χ1n) is 10.7. The molecule has 3 rings (SSSR count). The van der Waals surface area contributed by atoms with Gasteiger partial charge in [0.15, 0.2) is 16.6 Å². The summed E-state index contributed by atoms with van der Waals surface area (Å²) in [6.45, 7) is 6.78. The van der Waals surface area contributed by atoms with Crippen LogP contribution in [-0.2, 0) is 16.7 Å². The van der Waals surface area contributed by atoms with E-state index in [-0.39, 0.29) is 28.4 Å². The Balaban J connectivity index is 1.57. The first kappa shape index (κ1) is 25.3. The molecule has 12 heteroatoms. The van der Waals surface area contributed by atoms with Gasteiger partial charge >= 0.3 is 6.18 Å². The molecule has 0 radical (unpaired) electrons. The zero-order valence-electron chi connectivity index (χ0n) is 18.7. The van der Waals surface area contributed by atoms with Crippen LogP contribution in [0.5, 0.6) is 0 Å². The molecule has 0 unspecified atom stereocenters. The molecule has 182 valence electrons. The van der Waals surface area contributed by atoms with E-state index in [0.29, 0.717) is 32.1 Å². The van der Waals surface area contributed by atoms with Crippen molar-refractivity contribution in [3.8, 4) is 0 Å². The molecule has 2 aromatic rings. The van der Waals surface area contributed by atoms with E-state index in [4.69, 9.17) is 9.15 Å². The van der Waals surface area contributed by atoms with E-state index in [9.17, 15) is 18.0 Å². The number of thioether (sulfide) groups is 1. The van der Waals surface area contributed by atoms with Crippen molar-refractivity contribution in [3.63, 3.8) is 0 Å². The summed E-state index contributed by atoms with van der Waals surface area (Å²) in [5.74, 6) is 0.669. The number of hydrogen-bond acceptors (Lipinski definition) is 8. The number of anilines is 1. The van der Waals surface area contributed by atoms with Gasteiger partial charge in [-0.25, -0.2) is 9.97 Å². The first-order chi connectivity index (χ1) is 15.8. The molecule has 1 aliphatic rings. The van der Waals surface area contributed by atoms with E-state index < -0.39 is 11.9 Å². The molecule has 0 aromatic carbocycles. The average Bonchev–Trinajstić information content (AvgIpc) is 3.27. The maximum absolute atomic E-state index is 13.3. The van der Waals surface area contributed by atoms with Gasteiger partial charge in [0.25, 0.3) is 5.91 Å². The van der Waals surface area contributed by atoms with Gasteiger partial charge in [-0.05, 0) is 18.6 Å². The van der Waals surface area contributed by atoms with Crippen LogP contribution in [0, 0.1) is 0 Å². The zero-order valence-corrected chi connectivity index (χ0v) is 19.5. The Labute approximate surface area is 194 Å². The molecule has 0 saturated carbocycles. The Morgan fingerprint density at radius 3 is 2.73 bits per heavy atom. The largest absolute Gasteiger partial charge is 0.455 e. The highest BCUT2D eigenvalue weighted by atomic mass is 32.2. The van der Waals surface area contributed by atoms with Crippen LogP contribution in [0.1, 0.15) is 35.4 Å². The molecule has 0 aliphatic carbocycles. The minimum Gasteiger partial charge on any atom is -0.455 e. The van der Waals surface area contributed by atoms with Crippen LogP contribution in [0.4, 0.5) is 19.0 Å². The molecular weight excluding hydrogens is 459 g/mol. The van der Waals surface area contributed by atoms with Crippen LogP contribution in [0.25, 0.3) is 0 Å². The molecule has 1 fully saturated rings.